The van der Waals surface area contributed by atoms with E-state index in [0.29, 0.717) is 61.4 Å². The molecule has 4 heterocycles. The Hall–Kier alpha value is -2.68. The Kier molecular flexibility index (Phi) is 6.99. The zero-order valence-corrected chi connectivity index (χ0v) is 20.5. The number of aryl methyl sites for hydroxylation is 2. The van der Waals surface area contributed by atoms with E-state index in [-0.39, 0.29) is 11.8 Å². The van der Waals surface area contributed by atoms with Crippen molar-refractivity contribution in [2.75, 3.05) is 32.8 Å². The van der Waals surface area contributed by atoms with Gasteiger partial charge in [-0.1, -0.05) is 41.9 Å². The molecule has 5 rings (SSSR count). The number of carbonyl (C=O) groups excluding carboxylic acids is 2. The van der Waals surface area contributed by atoms with E-state index in [0.717, 1.165) is 30.6 Å². The molecular formula is C25H27ClN4O3S. The molecule has 1 aromatic carbocycles. The summed E-state index contributed by atoms with van der Waals surface area (Å²) < 4.78 is 7.41. The van der Waals surface area contributed by atoms with Crippen LogP contribution in [0.4, 0.5) is 0 Å². The monoisotopic (exact) mass is 498 g/mol. The quantitative estimate of drug-likeness (QED) is 0.517. The predicted octanol–water partition coefficient (Wildman–Crippen LogP) is 3.90. The molecule has 1 fully saturated rings. The van der Waals surface area contributed by atoms with Gasteiger partial charge in [0, 0.05) is 43.9 Å². The summed E-state index contributed by atoms with van der Waals surface area (Å²) >= 11 is 7.57. The number of rotatable bonds is 6. The fraction of sp³-hybridized carbons (Fsp3) is 0.400. The van der Waals surface area contributed by atoms with Gasteiger partial charge in [0.2, 0.25) is 0 Å². The number of ether oxygens (including phenoxy) is 1. The largest absolute Gasteiger partial charge is 0.378 e. The van der Waals surface area contributed by atoms with E-state index in [1.165, 1.54) is 16.9 Å². The van der Waals surface area contributed by atoms with Crippen LogP contribution in [-0.2, 0) is 30.7 Å². The summed E-state index contributed by atoms with van der Waals surface area (Å²) in [6.07, 6.45) is 2.54. The summed E-state index contributed by atoms with van der Waals surface area (Å²) in [5.41, 5.74) is 3.68. The molecular weight excluding hydrogens is 472 g/mol. The van der Waals surface area contributed by atoms with Gasteiger partial charge >= 0.3 is 0 Å². The van der Waals surface area contributed by atoms with Crippen LogP contribution in [0, 0.1) is 0 Å². The molecule has 2 aliphatic heterocycles. The Morgan fingerprint density at radius 3 is 2.56 bits per heavy atom. The minimum atomic E-state index is -0.0905. The first-order chi connectivity index (χ1) is 16.6. The zero-order valence-electron chi connectivity index (χ0n) is 18.9. The summed E-state index contributed by atoms with van der Waals surface area (Å²) in [6.45, 7) is 3.87. The molecule has 34 heavy (non-hydrogen) atoms. The zero-order chi connectivity index (χ0) is 23.5. The maximum Gasteiger partial charge on any atom is 0.274 e. The van der Waals surface area contributed by atoms with Gasteiger partial charge in [0.1, 0.15) is 4.88 Å². The molecule has 7 nitrogen and oxygen atoms in total. The van der Waals surface area contributed by atoms with Gasteiger partial charge in [0.05, 0.1) is 24.8 Å². The number of hydrogen-bond acceptors (Lipinski definition) is 5. The second kappa shape index (κ2) is 10.3. The molecule has 0 radical (unpaired) electrons. The smallest absolute Gasteiger partial charge is 0.274 e. The first-order valence-electron chi connectivity index (χ1n) is 11.6. The van der Waals surface area contributed by atoms with Crippen LogP contribution in [0.3, 0.4) is 0 Å². The fourth-order valence-corrected chi connectivity index (χ4v) is 5.71. The first-order valence-corrected chi connectivity index (χ1v) is 12.9. The van der Waals surface area contributed by atoms with Crippen molar-refractivity contribution < 1.29 is 14.3 Å². The average Bonchev–Trinajstić information content (AvgIpc) is 3.47. The number of fused-ring (bicyclic) bond motifs is 1. The third-order valence-electron chi connectivity index (χ3n) is 6.41. The van der Waals surface area contributed by atoms with Crippen molar-refractivity contribution >= 4 is 34.8 Å². The highest BCUT2D eigenvalue weighted by atomic mass is 35.5. The van der Waals surface area contributed by atoms with E-state index >= 15 is 0 Å². The second-order valence-corrected chi connectivity index (χ2v) is 9.89. The lowest BCUT2D eigenvalue weighted by Gasteiger charge is -2.29. The van der Waals surface area contributed by atoms with Crippen molar-refractivity contribution in [1.82, 2.24) is 19.6 Å². The highest BCUT2D eigenvalue weighted by Crippen LogP contribution is 2.29. The number of morpholine rings is 1. The summed E-state index contributed by atoms with van der Waals surface area (Å²) in [7, 11) is 0. The maximum absolute atomic E-state index is 13.4. The minimum Gasteiger partial charge on any atom is -0.378 e. The lowest BCUT2D eigenvalue weighted by molar-refractivity contribution is 0.0296. The molecule has 0 spiro atoms. The van der Waals surface area contributed by atoms with E-state index < -0.39 is 0 Å². The number of benzene rings is 1. The van der Waals surface area contributed by atoms with Gasteiger partial charge in [-0.25, -0.2) is 0 Å². The highest BCUT2D eigenvalue weighted by Gasteiger charge is 2.33. The number of carbonyl (C=O) groups is 2. The summed E-state index contributed by atoms with van der Waals surface area (Å²) in [5.74, 6) is -0.169. The van der Waals surface area contributed by atoms with Gasteiger partial charge in [0.25, 0.3) is 11.8 Å². The Morgan fingerprint density at radius 1 is 1.03 bits per heavy atom. The van der Waals surface area contributed by atoms with Gasteiger partial charge in [-0.2, -0.15) is 5.10 Å². The second-order valence-electron chi connectivity index (χ2n) is 8.57. The van der Waals surface area contributed by atoms with Crippen LogP contribution >= 0.6 is 22.9 Å². The van der Waals surface area contributed by atoms with E-state index in [2.05, 4.69) is 24.3 Å². The molecule has 9 heteroatoms. The number of aromatic nitrogens is 2. The number of amides is 2. The number of nitrogens with zero attached hydrogens (tertiary/aromatic N) is 4. The van der Waals surface area contributed by atoms with Crippen LogP contribution in [0.25, 0.3) is 0 Å². The molecule has 2 amide bonds. The molecule has 0 aliphatic carbocycles. The van der Waals surface area contributed by atoms with E-state index in [1.54, 1.807) is 15.9 Å². The molecule has 0 unspecified atom stereocenters. The van der Waals surface area contributed by atoms with Crippen molar-refractivity contribution in [3.8, 4) is 0 Å². The number of hydrogen-bond donors (Lipinski definition) is 0. The standard InChI is InChI=1S/C25H27ClN4O3S/c26-20-9-16-34-23(20)25(32)29-11-8-21-19(17-29)22(24(31)28-12-14-33-15-13-28)27-30(21)10-4-7-18-5-2-1-3-6-18/h1-3,5-6,9,16H,4,7-8,10-15,17H2. The average molecular weight is 499 g/mol. The van der Waals surface area contributed by atoms with Crippen LogP contribution in [0.2, 0.25) is 5.02 Å². The molecule has 1 saturated heterocycles. The van der Waals surface area contributed by atoms with Crippen LogP contribution < -0.4 is 0 Å². The molecule has 3 aromatic rings. The maximum atomic E-state index is 13.4. The molecule has 2 aliphatic rings. The Bertz CT molecular complexity index is 1170. The van der Waals surface area contributed by atoms with Gasteiger partial charge in [0.15, 0.2) is 5.69 Å². The van der Waals surface area contributed by atoms with Gasteiger partial charge < -0.3 is 14.5 Å². The molecule has 0 saturated carbocycles. The third kappa shape index (κ3) is 4.76. The van der Waals surface area contributed by atoms with Gasteiger partial charge in [-0.15, -0.1) is 11.3 Å². The molecule has 0 N–H and O–H groups in total. The van der Waals surface area contributed by atoms with Crippen LogP contribution in [0.1, 0.15) is 43.4 Å². The summed E-state index contributed by atoms with van der Waals surface area (Å²) in [4.78, 5) is 30.7. The SMILES string of the molecule is O=C(c1nn(CCCc2ccccc2)c2c1CN(C(=O)c1sccc1Cl)CC2)N1CCOCC1. The highest BCUT2D eigenvalue weighted by molar-refractivity contribution is 7.12. The number of halogens is 1. The topological polar surface area (TPSA) is 67.7 Å². The lowest BCUT2D eigenvalue weighted by atomic mass is 10.0. The van der Waals surface area contributed by atoms with Crippen LogP contribution in [0.15, 0.2) is 41.8 Å². The molecule has 178 valence electrons. The predicted molar refractivity (Wildman–Crippen MR) is 131 cm³/mol. The van der Waals surface area contributed by atoms with Crippen molar-refractivity contribution in [3.05, 3.63) is 74.2 Å². The first kappa shape index (κ1) is 23.1. The van der Waals surface area contributed by atoms with Crippen LogP contribution in [0.5, 0.6) is 0 Å². The van der Waals surface area contributed by atoms with Gasteiger partial charge in [-0.05, 0) is 29.9 Å². The lowest BCUT2D eigenvalue weighted by Crippen LogP contribution is -2.42. The third-order valence-corrected chi connectivity index (χ3v) is 7.74. The molecule has 2 aromatic heterocycles. The minimum absolute atomic E-state index is 0.0789. The van der Waals surface area contributed by atoms with E-state index in [9.17, 15) is 9.59 Å². The van der Waals surface area contributed by atoms with E-state index in [1.807, 2.05) is 16.1 Å². The molecule has 0 bridgehead atoms. The van der Waals surface area contributed by atoms with Crippen LogP contribution in [-0.4, -0.2) is 64.2 Å². The van der Waals surface area contributed by atoms with Gasteiger partial charge in [-0.3, -0.25) is 14.3 Å². The Balaban J connectivity index is 1.39. The van der Waals surface area contributed by atoms with Crippen molar-refractivity contribution in [3.63, 3.8) is 0 Å². The molecule has 0 atom stereocenters. The normalized spacial score (nSPS) is 15.9. The Morgan fingerprint density at radius 2 is 1.82 bits per heavy atom. The van der Waals surface area contributed by atoms with Crippen molar-refractivity contribution in [2.45, 2.75) is 32.4 Å². The van der Waals surface area contributed by atoms with E-state index in [4.69, 9.17) is 21.4 Å². The Labute approximate surface area is 207 Å². The van der Waals surface area contributed by atoms with Crippen molar-refractivity contribution in [1.29, 1.82) is 0 Å². The summed E-state index contributed by atoms with van der Waals surface area (Å²) in [6, 6.07) is 12.1. The summed E-state index contributed by atoms with van der Waals surface area (Å²) in [5, 5.41) is 7.09. The number of thiophene rings is 1. The van der Waals surface area contributed by atoms with Crippen molar-refractivity contribution in [2.24, 2.45) is 0 Å². The fourth-order valence-electron chi connectivity index (χ4n) is 4.60.